The number of benzene rings is 3. The van der Waals surface area contributed by atoms with Gasteiger partial charge in [0.25, 0.3) is 11.5 Å². The first-order chi connectivity index (χ1) is 20.8. The Kier molecular flexibility index (Phi) is 9.44. The number of aromatic nitrogens is 3. The van der Waals surface area contributed by atoms with Crippen LogP contribution >= 0.6 is 31.9 Å². The van der Waals surface area contributed by atoms with E-state index in [-0.39, 0.29) is 22.8 Å². The Morgan fingerprint density at radius 2 is 1.70 bits per heavy atom. The molecule has 0 atom stereocenters. The number of nitrogens with zero attached hydrogens (tertiary/aromatic N) is 5. The van der Waals surface area contributed by atoms with Crippen LogP contribution in [0.5, 0.6) is 11.6 Å². The van der Waals surface area contributed by atoms with E-state index >= 15 is 0 Å². The summed E-state index contributed by atoms with van der Waals surface area (Å²) in [7, 11) is 0. The van der Waals surface area contributed by atoms with Crippen LogP contribution in [0.3, 0.4) is 0 Å². The summed E-state index contributed by atoms with van der Waals surface area (Å²) in [5.74, 6) is -0.0617. The normalized spacial score (nSPS) is 12.7. The van der Waals surface area contributed by atoms with Gasteiger partial charge in [0.2, 0.25) is 5.88 Å². The Balaban J connectivity index is 0.000000463. The Bertz CT molecular complexity index is 1850. The quantitative estimate of drug-likeness (QED) is 0.234. The van der Waals surface area contributed by atoms with Crippen molar-refractivity contribution in [3.8, 4) is 17.7 Å². The molecule has 3 heterocycles. The van der Waals surface area contributed by atoms with Gasteiger partial charge in [0, 0.05) is 41.3 Å². The molecule has 216 valence electrons. The van der Waals surface area contributed by atoms with Gasteiger partial charge in [-0.2, -0.15) is 5.26 Å². The zero-order valence-electron chi connectivity index (χ0n) is 22.5. The average molecular weight is 706 g/mol. The van der Waals surface area contributed by atoms with Crippen LogP contribution in [0.2, 0.25) is 0 Å². The lowest BCUT2D eigenvalue weighted by Crippen LogP contribution is -2.49. The Morgan fingerprint density at radius 1 is 0.930 bits per heavy atom. The van der Waals surface area contributed by atoms with E-state index in [0.29, 0.717) is 42.5 Å². The van der Waals surface area contributed by atoms with E-state index in [0.717, 1.165) is 14.8 Å². The van der Waals surface area contributed by atoms with Gasteiger partial charge in [-0.05, 0) is 60.7 Å². The molecular weight excluding hydrogens is 683 g/mol. The summed E-state index contributed by atoms with van der Waals surface area (Å²) < 4.78 is 22.4. The highest BCUT2D eigenvalue weighted by molar-refractivity contribution is 9.10. The molecule has 5 aromatic rings. The van der Waals surface area contributed by atoms with Crippen molar-refractivity contribution in [3.05, 3.63) is 121 Å². The number of halogens is 3. The number of H-pyrrole nitrogens is 1. The standard InChI is InChI=1S/C25H18BrFN6O3.C6H5Br/c26-16-2-4-18-19(11-16)24(31-30-23(18)34)36-17-3-5-21(27)20(12-17)25(35)33-9-7-32(8-10-33)22-6-1-15(13-28)14-29-22;7-6-4-2-1-3-5-6/h1-6,11-12,14H,7-10H2,(H,30,34);1-5H. The molecule has 0 saturated carbocycles. The van der Waals surface area contributed by atoms with E-state index in [1.165, 1.54) is 24.4 Å². The van der Waals surface area contributed by atoms with Crippen molar-refractivity contribution >= 4 is 54.4 Å². The minimum atomic E-state index is -0.662. The summed E-state index contributed by atoms with van der Waals surface area (Å²) >= 11 is 6.68. The molecule has 6 rings (SSSR count). The third kappa shape index (κ3) is 7.25. The van der Waals surface area contributed by atoms with Gasteiger partial charge in [0.05, 0.1) is 21.9 Å². The third-order valence-electron chi connectivity index (χ3n) is 6.60. The highest BCUT2D eigenvalue weighted by atomic mass is 79.9. The maximum Gasteiger partial charge on any atom is 0.272 e. The second-order valence-corrected chi connectivity index (χ2v) is 11.2. The molecule has 1 amide bonds. The van der Waals surface area contributed by atoms with Gasteiger partial charge < -0.3 is 14.5 Å². The fourth-order valence-electron chi connectivity index (χ4n) is 4.40. The van der Waals surface area contributed by atoms with Crippen LogP contribution in [-0.2, 0) is 0 Å². The van der Waals surface area contributed by atoms with Crippen molar-refractivity contribution in [2.45, 2.75) is 0 Å². The number of pyridine rings is 1. The molecule has 9 nitrogen and oxygen atoms in total. The van der Waals surface area contributed by atoms with Gasteiger partial charge >= 0.3 is 0 Å². The van der Waals surface area contributed by atoms with Crippen LogP contribution in [0, 0.1) is 17.1 Å². The second-order valence-electron chi connectivity index (χ2n) is 9.38. The number of fused-ring (bicyclic) bond motifs is 1. The summed E-state index contributed by atoms with van der Waals surface area (Å²) in [5, 5.41) is 16.1. The molecule has 3 aromatic carbocycles. The van der Waals surface area contributed by atoms with Crippen molar-refractivity contribution in [1.82, 2.24) is 20.1 Å². The zero-order chi connectivity index (χ0) is 30.3. The van der Waals surface area contributed by atoms with E-state index in [9.17, 15) is 14.0 Å². The predicted octanol–water partition coefficient (Wildman–Crippen LogP) is 6.30. The molecular formula is C31H23Br2FN6O3. The number of aromatic amines is 1. The molecule has 0 spiro atoms. The van der Waals surface area contributed by atoms with Gasteiger partial charge in [-0.3, -0.25) is 9.59 Å². The molecule has 12 heteroatoms. The van der Waals surface area contributed by atoms with Crippen molar-refractivity contribution in [2.24, 2.45) is 0 Å². The van der Waals surface area contributed by atoms with Crippen molar-refractivity contribution in [2.75, 3.05) is 31.1 Å². The smallest absolute Gasteiger partial charge is 0.272 e. The number of hydrogen-bond acceptors (Lipinski definition) is 7. The van der Waals surface area contributed by atoms with Gasteiger partial charge in [0.15, 0.2) is 0 Å². The number of carbonyl (C=O) groups is 1. The summed E-state index contributed by atoms with van der Waals surface area (Å²) in [6, 6.07) is 24.4. The first-order valence-electron chi connectivity index (χ1n) is 13.1. The lowest BCUT2D eigenvalue weighted by molar-refractivity contribution is 0.0741. The summed E-state index contributed by atoms with van der Waals surface area (Å²) in [6.07, 6.45) is 1.51. The topological polar surface area (TPSA) is 115 Å². The molecule has 0 bridgehead atoms. The third-order valence-corrected chi connectivity index (χ3v) is 7.62. The lowest BCUT2D eigenvalue weighted by atomic mass is 10.1. The highest BCUT2D eigenvalue weighted by Gasteiger charge is 2.25. The predicted molar refractivity (Wildman–Crippen MR) is 168 cm³/mol. The SMILES string of the molecule is Brc1ccccc1.N#Cc1ccc(N2CCN(C(=O)c3cc(Oc4n[nH]c(=O)c5ccc(Br)cc45)ccc3F)CC2)nc1. The number of nitrogens with one attached hydrogen (secondary N) is 1. The van der Waals surface area contributed by atoms with Crippen molar-refractivity contribution in [3.63, 3.8) is 0 Å². The summed E-state index contributed by atoms with van der Waals surface area (Å²) in [6.45, 7) is 1.80. The molecule has 1 aliphatic rings. The second kappa shape index (κ2) is 13.6. The van der Waals surface area contributed by atoms with E-state index in [1.54, 1.807) is 35.2 Å². The van der Waals surface area contributed by atoms with Gasteiger partial charge in [-0.15, -0.1) is 5.10 Å². The van der Waals surface area contributed by atoms with E-state index in [2.05, 4.69) is 47.0 Å². The molecule has 1 saturated heterocycles. The zero-order valence-corrected chi connectivity index (χ0v) is 25.7. The maximum absolute atomic E-state index is 14.7. The van der Waals surface area contributed by atoms with Crippen LogP contribution in [-0.4, -0.2) is 52.2 Å². The van der Waals surface area contributed by atoms with Gasteiger partial charge in [-0.25, -0.2) is 14.5 Å². The molecule has 43 heavy (non-hydrogen) atoms. The number of ether oxygens (including phenoxy) is 1. The molecule has 0 aliphatic carbocycles. The van der Waals surface area contributed by atoms with Gasteiger partial charge in [0.1, 0.15) is 23.5 Å². The summed E-state index contributed by atoms with van der Waals surface area (Å²) in [4.78, 5) is 33.1. The molecule has 1 fully saturated rings. The van der Waals surface area contributed by atoms with Crippen molar-refractivity contribution < 1.29 is 13.9 Å². The van der Waals surface area contributed by atoms with E-state index in [4.69, 9.17) is 10.00 Å². The minimum Gasteiger partial charge on any atom is -0.437 e. The van der Waals surface area contributed by atoms with Gasteiger partial charge in [-0.1, -0.05) is 50.1 Å². The molecule has 1 aliphatic heterocycles. The molecule has 0 unspecified atom stereocenters. The van der Waals surface area contributed by atoms with Crippen LogP contribution in [0.1, 0.15) is 15.9 Å². The Labute approximate surface area is 262 Å². The molecule has 2 aromatic heterocycles. The largest absolute Gasteiger partial charge is 0.437 e. The number of amides is 1. The number of piperazine rings is 1. The van der Waals surface area contributed by atoms with Crippen LogP contribution in [0.25, 0.3) is 10.8 Å². The number of rotatable bonds is 4. The number of hydrogen-bond donors (Lipinski definition) is 1. The van der Waals surface area contributed by atoms with E-state index < -0.39 is 11.7 Å². The fourth-order valence-corrected chi connectivity index (χ4v) is 5.06. The monoisotopic (exact) mass is 704 g/mol. The molecule has 1 N–H and O–H groups in total. The Hall–Kier alpha value is -4.60. The summed E-state index contributed by atoms with van der Waals surface area (Å²) in [5.41, 5.74) is -0.00892. The first kappa shape index (κ1) is 29.9. The Morgan fingerprint density at radius 3 is 2.35 bits per heavy atom. The number of nitriles is 1. The molecule has 0 radical (unpaired) electrons. The van der Waals surface area contributed by atoms with Crippen LogP contribution in [0.15, 0.2) is 98.8 Å². The number of carbonyl (C=O) groups excluding carboxylic acids is 1. The number of anilines is 1. The highest BCUT2D eigenvalue weighted by Crippen LogP contribution is 2.29. The maximum atomic E-state index is 14.7. The van der Waals surface area contributed by atoms with E-state index in [1.807, 2.05) is 41.3 Å². The fraction of sp³-hybridized carbons (Fsp3) is 0.129. The average Bonchev–Trinajstić information content (AvgIpc) is 3.04. The minimum absolute atomic E-state index is 0.118. The lowest BCUT2D eigenvalue weighted by Gasteiger charge is -2.35. The first-order valence-corrected chi connectivity index (χ1v) is 14.7. The van der Waals surface area contributed by atoms with Crippen molar-refractivity contribution in [1.29, 1.82) is 5.26 Å². The van der Waals surface area contributed by atoms with Crippen LogP contribution in [0.4, 0.5) is 10.2 Å². The van der Waals surface area contributed by atoms with Crippen LogP contribution < -0.4 is 15.2 Å².